The van der Waals surface area contributed by atoms with E-state index in [4.69, 9.17) is 5.41 Å². The fourth-order valence-electron chi connectivity index (χ4n) is 6.00. The molecule has 1 aliphatic heterocycles. The third kappa shape index (κ3) is 4.90. The largest absolute Gasteiger partial charge is 0.342 e. The van der Waals surface area contributed by atoms with E-state index in [1.807, 2.05) is 0 Å². The van der Waals surface area contributed by atoms with Gasteiger partial charge in [0.25, 0.3) is 5.91 Å². The smallest absolute Gasteiger partial charge is 0.254 e. The number of hydrogen-bond donors (Lipinski definition) is 2. The lowest BCUT2D eigenvalue weighted by Crippen LogP contribution is -2.50. The first-order valence-electron chi connectivity index (χ1n) is 11.8. The van der Waals surface area contributed by atoms with Gasteiger partial charge in [-0.2, -0.15) is 0 Å². The van der Waals surface area contributed by atoms with E-state index >= 15 is 0 Å². The lowest BCUT2D eigenvalue weighted by Gasteiger charge is -2.39. The molecule has 0 unspecified atom stereocenters. The lowest BCUT2D eigenvalue weighted by molar-refractivity contribution is -0.131. The number of nitrogens with one attached hydrogen (secondary N) is 2. The monoisotopic (exact) mass is 390 g/mol. The number of guanidine groups is 1. The zero-order valence-electron chi connectivity index (χ0n) is 18.4. The molecule has 3 rings (SSSR count). The van der Waals surface area contributed by atoms with Crippen LogP contribution in [0.25, 0.3) is 0 Å². The second-order valence-electron chi connectivity index (χ2n) is 9.83. The number of carbonyl (C=O) groups is 1. The lowest BCUT2D eigenvalue weighted by atomic mass is 9.74. The van der Waals surface area contributed by atoms with E-state index < -0.39 is 5.54 Å². The highest BCUT2D eigenvalue weighted by atomic mass is 16.2. The molecule has 0 aromatic heterocycles. The molecule has 0 aromatic rings. The van der Waals surface area contributed by atoms with E-state index in [0.29, 0.717) is 17.9 Å². The molecule has 0 bridgehead atoms. The summed E-state index contributed by atoms with van der Waals surface area (Å²) in [6.45, 7) is 3.41. The van der Waals surface area contributed by atoms with Crippen molar-refractivity contribution in [2.75, 3.05) is 20.6 Å². The van der Waals surface area contributed by atoms with Crippen LogP contribution in [-0.2, 0) is 4.79 Å². The Morgan fingerprint density at radius 2 is 1.86 bits per heavy atom. The van der Waals surface area contributed by atoms with Gasteiger partial charge in [-0.3, -0.25) is 15.1 Å². The van der Waals surface area contributed by atoms with Crippen molar-refractivity contribution in [3.8, 4) is 0 Å². The van der Waals surface area contributed by atoms with Crippen LogP contribution in [0.5, 0.6) is 0 Å². The van der Waals surface area contributed by atoms with Gasteiger partial charge in [0.05, 0.1) is 0 Å². The summed E-state index contributed by atoms with van der Waals surface area (Å²) < 4.78 is 0. The van der Waals surface area contributed by atoms with Crippen molar-refractivity contribution < 1.29 is 4.79 Å². The summed E-state index contributed by atoms with van der Waals surface area (Å²) in [4.78, 5) is 17.3. The summed E-state index contributed by atoms with van der Waals surface area (Å²) >= 11 is 0. The second-order valence-corrected chi connectivity index (χ2v) is 9.83. The molecule has 1 amide bonds. The topological polar surface area (TPSA) is 59.4 Å². The van der Waals surface area contributed by atoms with Gasteiger partial charge in [-0.15, -0.1) is 0 Å². The molecule has 28 heavy (non-hydrogen) atoms. The van der Waals surface area contributed by atoms with Crippen LogP contribution in [0.2, 0.25) is 0 Å². The van der Waals surface area contributed by atoms with Crippen LogP contribution < -0.4 is 5.32 Å². The van der Waals surface area contributed by atoms with E-state index in [-0.39, 0.29) is 5.91 Å². The van der Waals surface area contributed by atoms with Crippen LogP contribution >= 0.6 is 0 Å². The first-order valence-corrected chi connectivity index (χ1v) is 11.8. The summed E-state index contributed by atoms with van der Waals surface area (Å²) in [6.07, 6.45) is 15.8. The Bertz CT molecular complexity index is 545. The van der Waals surface area contributed by atoms with E-state index in [0.717, 1.165) is 31.7 Å². The Hall–Kier alpha value is -1.10. The normalized spacial score (nSPS) is 32.2. The maximum absolute atomic E-state index is 13.2. The average Bonchev–Trinajstić information content (AvgIpc) is 2.91. The van der Waals surface area contributed by atoms with Crippen molar-refractivity contribution in [3.63, 3.8) is 0 Å². The van der Waals surface area contributed by atoms with Gasteiger partial charge >= 0.3 is 0 Å². The van der Waals surface area contributed by atoms with Gasteiger partial charge in [0.15, 0.2) is 5.96 Å². The van der Waals surface area contributed by atoms with Crippen LogP contribution in [0.1, 0.15) is 90.4 Å². The molecule has 5 nitrogen and oxygen atoms in total. The number of likely N-dealkylation sites (N-methyl/N-ethyl adjacent to an activating group) is 1. The van der Waals surface area contributed by atoms with E-state index in [9.17, 15) is 4.79 Å². The third-order valence-electron chi connectivity index (χ3n) is 7.70. The Morgan fingerprint density at radius 3 is 2.50 bits per heavy atom. The zero-order valence-corrected chi connectivity index (χ0v) is 18.4. The summed E-state index contributed by atoms with van der Waals surface area (Å²) in [7, 11) is 4.02. The number of carbonyl (C=O) groups excluding carboxylic acids is 1. The molecule has 1 heterocycles. The van der Waals surface area contributed by atoms with Crippen LogP contribution in [0.3, 0.4) is 0 Å². The number of amides is 1. The van der Waals surface area contributed by atoms with Crippen LogP contribution in [0.15, 0.2) is 0 Å². The predicted octanol–water partition coefficient (Wildman–Crippen LogP) is 4.37. The highest BCUT2D eigenvalue weighted by Gasteiger charge is 2.49. The molecule has 0 spiro atoms. The van der Waals surface area contributed by atoms with Gasteiger partial charge in [0.2, 0.25) is 0 Å². The Labute approximate surface area is 172 Å². The number of nitrogens with zero attached hydrogens (tertiary/aromatic N) is 2. The minimum atomic E-state index is -0.529. The highest BCUT2D eigenvalue weighted by molar-refractivity contribution is 6.07. The Morgan fingerprint density at radius 1 is 1.14 bits per heavy atom. The Kier molecular flexibility index (Phi) is 7.41. The molecule has 2 N–H and O–H groups in total. The van der Waals surface area contributed by atoms with Gasteiger partial charge in [0, 0.05) is 13.1 Å². The summed E-state index contributed by atoms with van der Waals surface area (Å²) in [6, 6.07) is 0.655. The SMILES string of the molecule is CCCN(C)[C@H]1CCC[C@H](C[C@@]2(CCC3CCCCC3)NC(=N)N(C)C2=O)C1. The minimum Gasteiger partial charge on any atom is -0.342 e. The zero-order chi connectivity index (χ0) is 20.1. The van der Waals surface area contributed by atoms with Crippen LogP contribution in [0.4, 0.5) is 0 Å². The molecule has 0 radical (unpaired) electrons. The van der Waals surface area contributed by atoms with E-state index in [2.05, 4.69) is 24.2 Å². The highest BCUT2D eigenvalue weighted by Crippen LogP contribution is 2.39. The molecule has 3 atom stereocenters. The van der Waals surface area contributed by atoms with E-state index in [1.54, 1.807) is 11.9 Å². The number of rotatable bonds is 8. The second kappa shape index (κ2) is 9.60. The van der Waals surface area contributed by atoms with E-state index in [1.165, 1.54) is 64.2 Å². The van der Waals surface area contributed by atoms with Gasteiger partial charge in [0.1, 0.15) is 5.54 Å². The van der Waals surface area contributed by atoms with Crippen molar-refractivity contribution >= 4 is 11.9 Å². The maximum Gasteiger partial charge on any atom is 0.254 e. The summed E-state index contributed by atoms with van der Waals surface area (Å²) in [5, 5.41) is 11.6. The maximum atomic E-state index is 13.2. The summed E-state index contributed by atoms with van der Waals surface area (Å²) in [5.41, 5.74) is -0.529. The Balaban J connectivity index is 1.67. The average molecular weight is 391 g/mol. The molecular weight excluding hydrogens is 348 g/mol. The van der Waals surface area contributed by atoms with Crippen LogP contribution in [0, 0.1) is 17.2 Å². The standard InChI is InChI=1S/C23H42N4O/c1-4-15-26(2)20-12-8-11-19(16-20)17-23(21(28)27(3)22(24)25-23)14-13-18-9-6-5-7-10-18/h18-20H,4-17H2,1-3H3,(H2,24,25)/t19-,20-,23+/m0/s1. The van der Waals surface area contributed by atoms with Crippen molar-refractivity contribution in [2.45, 2.75) is 102 Å². The third-order valence-corrected chi connectivity index (χ3v) is 7.70. The molecule has 2 saturated carbocycles. The molecule has 0 aromatic carbocycles. The van der Waals surface area contributed by atoms with Gasteiger partial charge < -0.3 is 10.2 Å². The molecule has 3 aliphatic rings. The molecule has 3 fully saturated rings. The van der Waals surface area contributed by atoms with Crippen molar-refractivity contribution in [1.29, 1.82) is 5.41 Å². The fourth-order valence-corrected chi connectivity index (χ4v) is 6.00. The number of hydrogen-bond acceptors (Lipinski definition) is 3. The van der Waals surface area contributed by atoms with Crippen molar-refractivity contribution in [2.24, 2.45) is 11.8 Å². The van der Waals surface area contributed by atoms with Gasteiger partial charge in [-0.25, -0.2) is 0 Å². The first kappa shape index (κ1) is 21.6. The van der Waals surface area contributed by atoms with Crippen molar-refractivity contribution in [1.82, 2.24) is 15.1 Å². The van der Waals surface area contributed by atoms with Crippen LogP contribution in [-0.4, -0.2) is 53.9 Å². The molecule has 1 saturated heterocycles. The van der Waals surface area contributed by atoms with Gasteiger partial charge in [-0.05, 0) is 64.0 Å². The quantitative estimate of drug-likeness (QED) is 0.647. The minimum absolute atomic E-state index is 0.136. The van der Waals surface area contributed by atoms with Gasteiger partial charge in [-0.1, -0.05) is 51.9 Å². The molecule has 160 valence electrons. The predicted molar refractivity (Wildman–Crippen MR) is 115 cm³/mol. The molecular formula is C23H42N4O. The van der Waals surface area contributed by atoms with Crippen molar-refractivity contribution in [3.05, 3.63) is 0 Å². The fraction of sp³-hybridized carbons (Fsp3) is 0.913. The first-order chi connectivity index (χ1) is 13.4. The molecule has 5 heteroatoms. The summed E-state index contributed by atoms with van der Waals surface area (Å²) in [5.74, 6) is 1.79. The molecule has 2 aliphatic carbocycles.